The van der Waals surface area contributed by atoms with Gasteiger partial charge >= 0.3 is 5.63 Å². The molecule has 1 heterocycles. The lowest BCUT2D eigenvalue weighted by Gasteiger charge is -2.12. The van der Waals surface area contributed by atoms with E-state index >= 15 is 0 Å². The summed E-state index contributed by atoms with van der Waals surface area (Å²) in [5.41, 5.74) is 2.26. The van der Waals surface area contributed by atoms with Crippen molar-refractivity contribution in [3.8, 4) is 0 Å². The Morgan fingerprint density at radius 3 is 2.59 bits per heavy atom. The fraction of sp³-hybridized carbons (Fsp3) is 0.211. The van der Waals surface area contributed by atoms with Crippen molar-refractivity contribution in [2.75, 3.05) is 11.9 Å². The van der Waals surface area contributed by atoms with Crippen molar-refractivity contribution in [1.82, 2.24) is 0 Å². The van der Waals surface area contributed by atoms with Crippen molar-refractivity contribution < 1.29 is 4.42 Å². The highest BCUT2D eigenvalue weighted by Gasteiger charge is 2.12. The number of rotatable bonds is 5. The van der Waals surface area contributed by atoms with Crippen molar-refractivity contribution in [1.29, 1.82) is 0 Å². The van der Waals surface area contributed by atoms with E-state index in [4.69, 9.17) is 4.42 Å². The van der Waals surface area contributed by atoms with Gasteiger partial charge in [-0.25, -0.2) is 4.79 Å². The minimum Gasteiger partial charge on any atom is -0.423 e. The molecule has 0 fully saturated rings. The second kappa shape index (κ2) is 6.48. The summed E-state index contributed by atoms with van der Waals surface area (Å²) in [7, 11) is 0. The first-order valence-electron chi connectivity index (χ1n) is 7.56. The van der Waals surface area contributed by atoms with Gasteiger partial charge in [-0.3, -0.25) is 0 Å². The van der Waals surface area contributed by atoms with E-state index < -0.39 is 0 Å². The highest BCUT2D eigenvalue weighted by Crippen LogP contribution is 2.20. The molecule has 1 unspecified atom stereocenters. The first-order chi connectivity index (χ1) is 10.7. The third-order valence-electron chi connectivity index (χ3n) is 3.88. The summed E-state index contributed by atoms with van der Waals surface area (Å²) in [5, 5.41) is 4.34. The molecule has 0 bridgehead atoms. The van der Waals surface area contributed by atoms with Crippen molar-refractivity contribution in [2.45, 2.75) is 19.3 Å². The second-order valence-electron chi connectivity index (χ2n) is 5.51. The predicted molar refractivity (Wildman–Crippen MR) is 90.4 cm³/mol. The first kappa shape index (κ1) is 14.4. The summed E-state index contributed by atoms with van der Waals surface area (Å²) in [6, 6.07) is 19.6. The van der Waals surface area contributed by atoms with Crippen LogP contribution in [0.4, 0.5) is 5.69 Å². The SMILES string of the molecule is CC(CCNc1ccccc1)c1cc2ccccc2oc1=O. The van der Waals surface area contributed by atoms with Gasteiger partial charge in [0.2, 0.25) is 0 Å². The van der Waals surface area contributed by atoms with Crippen LogP contribution >= 0.6 is 0 Å². The number of hydrogen-bond donors (Lipinski definition) is 1. The Hall–Kier alpha value is -2.55. The Balaban J connectivity index is 1.70. The Morgan fingerprint density at radius 2 is 1.77 bits per heavy atom. The number of anilines is 1. The number of hydrogen-bond acceptors (Lipinski definition) is 3. The van der Waals surface area contributed by atoms with Crippen molar-refractivity contribution >= 4 is 16.7 Å². The summed E-state index contributed by atoms with van der Waals surface area (Å²) in [6.45, 7) is 2.88. The molecule has 1 N–H and O–H groups in total. The normalized spacial score (nSPS) is 12.2. The smallest absolute Gasteiger partial charge is 0.339 e. The molecule has 0 radical (unpaired) electrons. The predicted octanol–water partition coefficient (Wildman–Crippen LogP) is 4.40. The average Bonchev–Trinajstić information content (AvgIpc) is 2.55. The average molecular weight is 293 g/mol. The second-order valence-corrected chi connectivity index (χ2v) is 5.51. The van der Waals surface area contributed by atoms with E-state index in [0.29, 0.717) is 5.58 Å². The van der Waals surface area contributed by atoms with Crippen LogP contribution in [0.15, 0.2) is 69.9 Å². The van der Waals surface area contributed by atoms with Crippen LogP contribution in [0.25, 0.3) is 11.0 Å². The highest BCUT2D eigenvalue weighted by molar-refractivity contribution is 5.76. The highest BCUT2D eigenvalue weighted by atomic mass is 16.4. The summed E-state index contributed by atoms with van der Waals surface area (Å²) in [6.07, 6.45) is 0.873. The fourth-order valence-corrected chi connectivity index (χ4v) is 2.57. The Morgan fingerprint density at radius 1 is 1.05 bits per heavy atom. The zero-order chi connectivity index (χ0) is 15.4. The molecular weight excluding hydrogens is 274 g/mol. The van der Waals surface area contributed by atoms with E-state index in [-0.39, 0.29) is 11.5 Å². The lowest BCUT2D eigenvalue weighted by molar-refractivity contribution is 0.536. The van der Waals surface area contributed by atoms with Crippen molar-refractivity contribution in [3.63, 3.8) is 0 Å². The molecule has 0 amide bonds. The van der Waals surface area contributed by atoms with Gasteiger partial charge in [0.05, 0.1) is 0 Å². The topological polar surface area (TPSA) is 42.2 Å². The van der Waals surface area contributed by atoms with Crippen LogP contribution in [-0.4, -0.2) is 6.54 Å². The van der Waals surface area contributed by atoms with Gasteiger partial charge in [0, 0.05) is 23.2 Å². The van der Waals surface area contributed by atoms with Gasteiger partial charge in [0.15, 0.2) is 0 Å². The van der Waals surface area contributed by atoms with Crippen LogP contribution in [-0.2, 0) is 0 Å². The Bertz CT molecular complexity index is 808. The largest absolute Gasteiger partial charge is 0.423 e. The van der Waals surface area contributed by atoms with Gasteiger partial charge in [-0.2, -0.15) is 0 Å². The molecule has 0 aliphatic heterocycles. The van der Waals surface area contributed by atoms with Gasteiger partial charge in [-0.15, -0.1) is 0 Å². The minimum absolute atomic E-state index is 0.150. The maximum atomic E-state index is 12.1. The quantitative estimate of drug-likeness (QED) is 0.709. The molecule has 3 aromatic rings. The molecule has 112 valence electrons. The van der Waals surface area contributed by atoms with Gasteiger partial charge in [-0.05, 0) is 36.6 Å². The van der Waals surface area contributed by atoms with E-state index in [1.807, 2.05) is 60.7 Å². The van der Waals surface area contributed by atoms with Gasteiger partial charge < -0.3 is 9.73 Å². The van der Waals surface area contributed by atoms with Crippen molar-refractivity contribution in [3.05, 3.63) is 76.6 Å². The van der Waals surface area contributed by atoms with E-state index in [1.54, 1.807) is 0 Å². The molecule has 0 saturated heterocycles. The molecule has 3 nitrogen and oxygen atoms in total. The molecule has 0 spiro atoms. The molecular formula is C19H19NO2. The number of nitrogens with one attached hydrogen (secondary N) is 1. The molecule has 3 rings (SSSR count). The van der Waals surface area contributed by atoms with E-state index in [0.717, 1.165) is 29.6 Å². The maximum Gasteiger partial charge on any atom is 0.339 e. The molecule has 0 aliphatic rings. The molecule has 1 atom stereocenters. The lowest BCUT2D eigenvalue weighted by Crippen LogP contribution is -2.13. The first-order valence-corrected chi connectivity index (χ1v) is 7.56. The summed E-state index contributed by atoms with van der Waals surface area (Å²) in [4.78, 5) is 12.1. The van der Waals surface area contributed by atoms with Crippen LogP contribution < -0.4 is 10.9 Å². The molecule has 1 aromatic heterocycles. The van der Waals surface area contributed by atoms with Crippen LogP contribution in [0.1, 0.15) is 24.8 Å². The zero-order valence-corrected chi connectivity index (χ0v) is 12.6. The van der Waals surface area contributed by atoms with Gasteiger partial charge in [-0.1, -0.05) is 43.3 Å². The molecule has 22 heavy (non-hydrogen) atoms. The van der Waals surface area contributed by atoms with Crippen LogP contribution in [0.3, 0.4) is 0 Å². The Kier molecular flexibility index (Phi) is 4.24. The standard InChI is InChI=1S/C19H19NO2/c1-14(11-12-20-16-8-3-2-4-9-16)17-13-15-7-5-6-10-18(15)22-19(17)21/h2-10,13-14,20H,11-12H2,1H3. The fourth-order valence-electron chi connectivity index (χ4n) is 2.57. The lowest BCUT2D eigenvalue weighted by atomic mass is 9.98. The van der Waals surface area contributed by atoms with E-state index in [1.165, 1.54) is 0 Å². The monoisotopic (exact) mass is 293 g/mol. The molecule has 2 aromatic carbocycles. The minimum atomic E-state index is -0.231. The molecule has 0 saturated carbocycles. The van der Waals surface area contributed by atoms with E-state index in [2.05, 4.69) is 12.2 Å². The molecule has 3 heteroatoms. The van der Waals surface area contributed by atoms with Gasteiger partial charge in [0.25, 0.3) is 0 Å². The molecule has 0 aliphatic carbocycles. The third-order valence-corrected chi connectivity index (χ3v) is 3.88. The number of fused-ring (bicyclic) bond motifs is 1. The van der Waals surface area contributed by atoms with Gasteiger partial charge in [0.1, 0.15) is 5.58 Å². The Labute approximate surface area is 129 Å². The van der Waals surface area contributed by atoms with Crippen LogP contribution in [0.2, 0.25) is 0 Å². The number of benzene rings is 2. The summed E-state index contributed by atoms with van der Waals surface area (Å²) < 4.78 is 5.40. The van der Waals surface area contributed by atoms with E-state index in [9.17, 15) is 4.79 Å². The summed E-state index contributed by atoms with van der Waals surface area (Å²) in [5.74, 6) is 0.150. The van der Waals surface area contributed by atoms with Crippen molar-refractivity contribution in [2.24, 2.45) is 0 Å². The van der Waals surface area contributed by atoms with Crippen LogP contribution in [0.5, 0.6) is 0 Å². The summed E-state index contributed by atoms with van der Waals surface area (Å²) >= 11 is 0. The zero-order valence-electron chi connectivity index (χ0n) is 12.6. The number of para-hydroxylation sites is 2. The van der Waals surface area contributed by atoms with Crippen LogP contribution in [0, 0.1) is 0 Å². The third kappa shape index (κ3) is 3.19. The maximum absolute atomic E-state index is 12.1.